The molecule has 0 fully saturated rings. The van der Waals surface area contributed by atoms with E-state index in [2.05, 4.69) is 174 Å². The fourth-order valence-corrected chi connectivity index (χ4v) is 9.34. The minimum absolute atomic E-state index is 0.586. The van der Waals surface area contributed by atoms with Crippen LogP contribution in [0.4, 0.5) is 0 Å². The number of hydrogen-bond acceptors (Lipinski definition) is 2. The second kappa shape index (κ2) is 10.1. The molecule has 12 rings (SSSR count). The number of rotatable bonds is 2. The van der Waals surface area contributed by atoms with Crippen LogP contribution in [0, 0.1) is 0 Å². The average Bonchev–Trinajstić information content (AvgIpc) is 3.84. The van der Waals surface area contributed by atoms with Gasteiger partial charge in [0.25, 0.3) is 0 Å². The Labute approximate surface area is 299 Å². The molecule has 0 saturated heterocycles. The van der Waals surface area contributed by atoms with Gasteiger partial charge in [-0.3, -0.25) is 0 Å². The molecule has 242 valence electrons. The van der Waals surface area contributed by atoms with Crippen molar-refractivity contribution in [3.63, 3.8) is 0 Å². The van der Waals surface area contributed by atoms with Crippen molar-refractivity contribution in [3.8, 4) is 39.4 Å². The van der Waals surface area contributed by atoms with Gasteiger partial charge in [0.1, 0.15) is 17.1 Å². The van der Waals surface area contributed by atoms with E-state index < -0.39 is 5.41 Å². The molecule has 1 atom stereocenters. The molecule has 0 N–H and O–H groups in total. The van der Waals surface area contributed by atoms with E-state index in [4.69, 9.17) is 9.15 Å². The molecule has 3 heteroatoms. The van der Waals surface area contributed by atoms with E-state index in [1.54, 1.807) is 0 Å². The van der Waals surface area contributed by atoms with Crippen LogP contribution in [-0.4, -0.2) is 4.57 Å². The van der Waals surface area contributed by atoms with Crippen LogP contribution in [0.3, 0.4) is 0 Å². The normalized spacial score (nSPS) is 15.5. The number of fused-ring (bicyclic) bond motifs is 15. The lowest BCUT2D eigenvalue weighted by molar-refractivity contribution is 0.436. The molecule has 2 aromatic heterocycles. The summed E-state index contributed by atoms with van der Waals surface area (Å²) in [5.41, 5.74) is 14.2. The summed E-state index contributed by atoms with van der Waals surface area (Å²) in [5.74, 6) is 1.78. The molecule has 3 nitrogen and oxygen atoms in total. The Morgan fingerprint density at radius 2 is 1.13 bits per heavy atom. The first-order valence-corrected chi connectivity index (χ1v) is 17.8. The number of para-hydroxylation sites is 4. The molecule has 1 unspecified atom stereocenters. The van der Waals surface area contributed by atoms with Crippen LogP contribution in [-0.2, 0) is 5.41 Å². The molecule has 0 radical (unpaired) electrons. The molecule has 1 aliphatic heterocycles. The summed E-state index contributed by atoms with van der Waals surface area (Å²) in [5, 5.41) is 4.66. The quantitative estimate of drug-likeness (QED) is 0.184. The fraction of sp³-hybridized carbons (Fsp3) is 0.0204. The zero-order valence-corrected chi connectivity index (χ0v) is 28.0. The summed E-state index contributed by atoms with van der Waals surface area (Å²) >= 11 is 0. The predicted molar refractivity (Wildman–Crippen MR) is 211 cm³/mol. The van der Waals surface area contributed by atoms with Gasteiger partial charge in [0.05, 0.1) is 22.1 Å². The number of furan rings is 1. The van der Waals surface area contributed by atoms with E-state index in [0.29, 0.717) is 0 Å². The third-order valence-corrected chi connectivity index (χ3v) is 11.5. The van der Waals surface area contributed by atoms with Gasteiger partial charge >= 0.3 is 0 Å². The lowest BCUT2D eigenvalue weighted by atomic mass is 9.65. The highest BCUT2D eigenvalue weighted by Crippen LogP contribution is 2.63. The van der Waals surface area contributed by atoms with E-state index >= 15 is 0 Å². The molecular formula is C49H29NO2. The van der Waals surface area contributed by atoms with Gasteiger partial charge < -0.3 is 13.7 Å². The van der Waals surface area contributed by atoms with E-state index in [1.165, 1.54) is 44.2 Å². The third kappa shape index (κ3) is 3.49. The van der Waals surface area contributed by atoms with Crippen LogP contribution in [0.2, 0.25) is 0 Å². The van der Waals surface area contributed by atoms with Crippen LogP contribution in [0.25, 0.3) is 71.7 Å². The zero-order chi connectivity index (χ0) is 34.0. The second-order valence-corrected chi connectivity index (χ2v) is 14.0. The Bertz CT molecular complexity index is 3110. The van der Waals surface area contributed by atoms with Crippen LogP contribution in [0.5, 0.6) is 11.5 Å². The topological polar surface area (TPSA) is 27.3 Å². The number of ether oxygens (including phenoxy) is 1. The molecule has 0 bridgehead atoms. The molecule has 52 heavy (non-hydrogen) atoms. The van der Waals surface area contributed by atoms with Gasteiger partial charge in [-0.05, 0) is 81.9 Å². The molecule has 1 aliphatic carbocycles. The average molecular weight is 664 g/mol. The lowest BCUT2D eigenvalue weighted by Crippen LogP contribution is -2.32. The number of nitrogens with zero attached hydrogens (tertiary/aromatic N) is 1. The monoisotopic (exact) mass is 663 g/mol. The Kier molecular flexibility index (Phi) is 5.43. The van der Waals surface area contributed by atoms with E-state index in [-0.39, 0.29) is 0 Å². The first-order valence-electron chi connectivity index (χ1n) is 17.8. The fourth-order valence-electron chi connectivity index (χ4n) is 9.34. The standard InChI is InChI=1S/C49H29NO2/c1-2-13-30(14-3-1)31-25-26-47-41(27-31)49(39-20-8-11-24-46(39)51-47)38-19-7-4-15-32(38)36-29-44-37(28-40(36)49)33-16-5-9-21-42(33)50(44)43-22-12-18-35-34-17-6-10-23-45(34)52-48(35)43/h1-29H. The molecule has 0 amide bonds. The summed E-state index contributed by atoms with van der Waals surface area (Å²) in [4.78, 5) is 0. The maximum absolute atomic E-state index is 6.76. The van der Waals surface area contributed by atoms with Gasteiger partial charge in [0.15, 0.2) is 5.58 Å². The Morgan fingerprint density at radius 1 is 0.404 bits per heavy atom. The molecule has 10 aromatic rings. The summed E-state index contributed by atoms with van der Waals surface area (Å²) in [6.45, 7) is 0. The second-order valence-electron chi connectivity index (χ2n) is 14.0. The minimum atomic E-state index is -0.586. The van der Waals surface area contributed by atoms with Gasteiger partial charge in [0, 0.05) is 32.7 Å². The Hall–Kier alpha value is -6.84. The van der Waals surface area contributed by atoms with Crippen LogP contribution >= 0.6 is 0 Å². The van der Waals surface area contributed by atoms with Gasteiger partial charge in [-0.1, -0.05) is 127 Å². The van der Waals surface area contributed by atoms with Crippen molar-refractivity contribution in [2.45, 2.75) is 5.41 Å². The SMILES string of the molecule is c1ccc(-c2ccc3c(c2)C2(c4ccccc4O3)c3ccccc3-c3cc4c(cc32)c2ccccc2n4-c2cccc3c2oc2ccccc23)cc1. The minimum Gasteiger partial charge on any atom is -0.457 e. The van der Waals surface area contributed by atoms with E-state index in [1.807, 2.05) is 6.07 Å². The number of hydrogen-bond donors (Lipinski definition) is 0. The lowest BCUT2D eigenvalue weighted by Gasteiger charge is -2.39. The molecular weight excluding hydrogens is 635 g/mol. The molecule has 8 aromatic carbocycles. The maximum Gasteiger partial charge on any atom is 0.159 e. The molecule has 3 heterocycles. The number of aromatic nitrogens is 1. The first kappa shape index (κ1) is 27.9. The summed E-state index contributed by atoms with van der Waals surface area (Å²) in [6.07, 6.45) is 0. The smallest absolute Gasteiger partial charge is 0.159 e. The van der Waals surface area contributed by atoms with Crippen molar-refractivity contribution >= 4 is 43.7 Å². The Morgan fingerprint density at radius 3 is 2.06 bits per heavy atom. The highest BCUT2D eigenvalue weighted by atomic mass is 16.5. The van der Waals surface area contributed by atoms with Crippen molar-refractivity contribution in [1.29, 1.82) is 0 Å². The number of benzene rings is 8. The van der Waals surface area contributed by atoms with E-state index in [9.17, 15) is 0 Å². The van der Waals surface area contributed by atoms with Crippen molar-refractivity contribution in [3.05, 3.63) is 198 Å². The van der Waals surface area contributed by atoms with Crippen LogP contribution < -0.4 is 4.74 Å². The molecule has 0 saturated carbocycles. The molecule has 1 spiro atoms. The van der Waals surface area contributed by atoms with Gasteiger partial charge in [-0.2, -0.15) is 0 Å². The summed E-state index contributed by atoms with van der Waals surface area (Å²) in [7, 11) is 0. The third-order valence-electron chi connectivity index (χ3n) is 11.5. The largest absolute Gasteiger partial charge is 0.457 e. The summed E-state index contributed by atoms with van der Waals surface area (Å²) < 4.78 is 15.8. The van der Waals surface area contributed by atoms with Crippen LogP contribution in [0.1, 0.15) is 22.3 Å². The van der Waals surface area contributed by atoms with E-state index in [0.717, 1.165) is 61.3 Å². The maximum atomic E-state index is 6.76. The summed E-state index contributed by atoms with van der Waals surface area (Å²) in [6, 6.07) is 63.4. The van der Waals surface area contributed by atoms with Gasteiger partial charge in [-0.25, -0.2) is 0 Å². The van der Waals surface area contributed by atoms with Crippen molar-refractivity contribution in [1.82, 2.24) is 4.57 Å². The van der Waals surface area contributed by atoms with Crippen LogP contribution in [0.15, 0.2) is 180 Å². The zero-order valence-electron chi connectivity index (χ0n) is 28.0. The Balaban J connectivity index is 1.22. The predicted octanol–water partition coefficient (Wildman–Crippen LogP) is 12.8. The van der Waals surface area contributed by atoms with Gasteiger partial charge in [0.2, 0.25) is 0 Å². The van der Waals surface area contributed by atoms with Crippen molar-refractivity contribution in [2.75, 3.05) is 0 Å². The molecule has 2 aliphatic rings. The van der Waals surface area contributed by atoms with Crippen molar-refractivity contribution < 1.29 is 9.15 Å². The highest BCUT2D eigenvalue weighted by Gasteiger charge is 2.51. The van der Waals surface area contributed by atoms with Crippen molar-refractivity contribution in [2.24, 2.45) is 0 Å². The first-order chi connectivity index (χ1) is 25.8. The van der Waals surface area contributed by atoms with Gasteiger partial charge in [-0.15, -0.1) is 0 Å². The highest BCUT2D eigenvalue weighted by molar-refractivity contribution is 6.14.